The van der Waals surface area contributed by atoms with Crippen molar-refractivity contribution in [2.24, 2.45) is 5.92 Å². The Kier molecular flexibility index (Phi) is 3.15. The topological polar surface area (TPSA) is 50.9 Å². The second-order valence-electron chi connectivity index (χ2n) is 5.15. The Bertz CT molecular complexity index is 354. The zero-order valence-electron chi connectivity index (χ0n) is 10.2. The largest absolute Gasteiger partial charge is 0.383 e. The lowest BCUT2D eigenvalue weighted by Gasteiger charge is -2.32. The maximum Gasteiger partial charge on any atom is 0.128 e. The zero-order valence-corrected chi connectivity index (χ0v) is 10.2. The van der Waals surface area contributed by atoms with Crippen LogP contribution in [0.25, 0.3) is 0 Å². The van der Waals surface area contributed by atoms with Crippen molar-refractivity contribution in [2.75, 3.05) is 12.3 Å². The standard InChI is InChI=1S/C13H21N3/c1-10(2)9-13(6-4-8-16-13)11-5-3-7-15-12(11)14/h3,5,7,10,16H,4,6,8-9H2,1-2H3,(H2,14,15). The summed E-state index contributed by atoms with van der Waals surface area (Å²) < 4.78 is 0. The van der Waals surface area contributed by atoms with Crippen molar-refractivity contribution in [1.29, 1.82) is 0 Å². The average molecular weight is 219 g/mol. The molecule has 2 rings (SSSR count). The quantitative estimate of drug-likeness (QED) is 0.820. The Hall–Kier alpha value is -1.09. The minimum absolute atomic E-state index is 0.0620. The van der Waals surface area contributed by atoms with E-state index in [9.17, 15) is 0 Å². The normalized spacial score (nSPS) is 25.2. The highest BCUT2D eigenvalue weighted by atomic mass is 15.0. The van der Waals surface area contributed by atoms with Gasteiger partial charge < -0.3 is 11.1 Å². The molecule has 1 atom stereocenters. The van der Waals surface area contributed by atoms with Crippen LogP contribution in [0.1, 0.15) is 38.7 Å². The van der Waals surface area contributed by atoms with Crippen molar-refractivity contribution in [3.63, 3.8) is 0 Å². The molecule has 0 saturated carbocycles. The Balaban J connectivity index is 2.36. The minimum atomic E-state index is 0.0620. The summed E-state index contributed by atoms with van der Waals surface area (Å²) in [6.45, 7) is 5.60. The molecule has 1 aliphatic rings. The first-order valence-corrected chi connectivity index (χ1v) is 6.10. The molecule has 0 bridgehead atoms. The van der Waals surface area contributed by atoms with E-state index in [-0.39, 0.29) is 5.54 Å². The lowest BCUT2D eigenvalue weighted by atomic mass is 9.81. The van der Waals surface area contributed by atoms with Crippen LogP contribution >= 0.6 is 0 Å². The van der Waals surface area contributed by atoms with Crippen molar-refractivity contribution in [3.8, 4) is 0 Å². The highest BCUT2D eigenvalue weighted by Gasteiger charge is 2.37. The summed E-state index contributed by atoms with van der Waals surface area (Å²) >= 11 is 0. The van der Waals surface area contributed by atoms with Crippen LogP contribution in [0, 0.1) is 5.92 Å². The fourth-order valence-corrected chi connectivity index (χ4v) is 2.84. The molecular weight excluding hydrogens is 198 g/mol. The van der Waals surface area contributed by atoms with Crippen LogP contribution in [-0.2, 0) is 5.54 Å². The van der Waals surface area contributed by atoms with E-state index in [1.165, 1.54) is 18.4 Å². The van der Waals surface area contributed by atoms with Gasteiger partial charge in [0.15, 0.2) is 0 Å². The van der Waals surface area contributed by atoms with Gasteiger partial charge in [-0.3, -0.25) is 0 Å². The number of nitrogens with one attached hydrogen (secondary N) is 1. The van der Waals surface area contributed by atoms with Crippen LogP contribution in [0.15, 0.2) is 18.3 Å². The van der Waals surface area contributed by atoms with Crippen LogP contribution in [-0.4, -0.2) is 11.5 Å². The summed E-state index contributed by atoms with van der Waals surface area (Å²) in [6.07, 6.45) is 5.28. The Morgan fingerprint density at radius 2 is 2.38 bits per heavy atom. The molecule has 0 amide bonds. The van der Waals surface area contributed by atoms with Gasteiger partial charge in [0.1, 0.15) is 5.82 Å². The van der Waals surface area contributed by atoms with Crippen molar-refractivity contribution >= 4 is 5.82 Å². The van der Waals surface area contributed by atoms with E-state index in [1.807, 2.05) is 6.07 Å². The van der Waals surface area contributed by atoms with E-state index in [4.69, 9.17) is 5.73 Å². The van der Waals surface area contributed by atoms with Gasteiger partial charge in [-0.2, -0.15) is 0 Å². The predicted molar refractivity (Wildman–Crippen MR) is 67.0 cm³/mol. The fraction of sp³-hybridized carbons (Fsp3) is 0.615. The lowest BCUT2D eigenvalue weighted by molar-refractivity contribution is 0.311. The number of rotatable bonds is 3. The number of hydrogen-bond acceptors (Lipinski definition) is 3. The molecule has 1 fully saturated rings. The summed E-state index contributed by atoms with van der Waals surface area (Å²) in [4.78, 5) is 4.21. The van der Waals surface area contributed by atoms with Gasteiger partial charge in [-0.05, 0) is 37.8 Å². The van der Waals surface area contributed by atoms with E-state index in [0.29, 0.717) is 11.7 Å². The molecule has 88 valence electrons. The molecule has 1 unspecified atom stereocenters. The average Bonchev–Trinajstić information content (AvgIpc) is 2.67. The molecule has 1 aromatic heterocycles. The number of nitrogens with zero attached hydrogens (tertiary/aromatic N) is 1. The molecule has 3 N–H and O–H groups in total. The van der Waals surface area contributed by atoms with Crippen LogP contribution in [0.2, 0.25) is 0 Å². The fourth-order valence-electron chi connectivity index (χ4n) is 2.84. The molecule has 16 heavy (non-hydrogen) atoms. The van der Waals surface area contributed by atoms with Crippen molar-refractivity contribution in [2.45, 2.75) is 38.6 Å². The number of nitrogens with two attached hydrogens (primary N) is 1. The molecule has 1 aromatic rings. The second-order valence-corrected chi connectivity index (χ2v) is 5.15. The predicted octanol–water partition coefficient (Wildman–Crippen LogP) is 2.29. The lowest BCUT2D eigenvalue weighted by Crippen LogP contribution is -2.38. The summed E-state index contributed by atoms with van der Waals surface area (Å²) in [5, 5.41) is 3.64. The Morgan fingerprint density at radius 3 is 2.94 bits per heavy atom. The molecule has 2 heterocycles. The number of nitrogen functional groups attached to an aromatic ring is 1. The molecule has 0 aliphatic carbocycles. The number of aromatic nitrogens is 1. The number of pyridine rings is 1. The van der Waals surface area contributed by atoms with Crippen molar-refractivity contribution < 1.29 is 0 Å². The van der Waals surface area contributed by atoms with Gasteiger partial charge in [0.05, 0.1) is 0 Å². The van der Waals surface area contributed by atoms with Gasteiger partial charge in [0.2, 0.25) is 0 Å². The summed E-state index contributed by atoms with van der Waals surface area (Å²) in [5.41, 5.74) is 7.25. The first-order chi connectivity index (χ1) is 7.64. The second kappa shape index (κ2) is 4.42. The maximum atomic E-state index is 6.01. The summed E-state index contributed by atoms with van der Waals surface area (Å²) in [7, 11) is 0. The van der Waals surface area contributed by atoms with E-state index in [2.05, 4.69) is 30.2 Å². The smallest absolute Gasteiger partial charge is 0.128 e. The Labute approximate surface area is 97.5 Å². The van der Waals surface area contributed by atoms with E-state index in [1.54, 1.807) is 6.20 Å². The van der Waals surface area contributed by atoms with E-state index >= 15 is 0 Å². The SMILES string of the molecule is CC(C)CC1(c2cccnc2N)CCCN1. The molecule has 0 spiro atoms. The van der Waals surface area contributed by atoms with Gasteiger partial charge >= 0.3 is 0 Å². The third-order valence-electron chi connectivity index (χ3n) is 3.35. The molecule has 3 nitrogen and oxygen atoms in total. The summed E-state index contributed by atoms with van der Waals surface area (Å²) in [5.74, 6) is 1.34. The molecule has 3 heteroatoms. The zero-order chi connectivity index (χ0) is 11.6. The molecule has 0 aromatic carbocycles. The summed E-state index contributed by atoms with van der Waals surface area (Å²) in [6, 6.07) is 4.09. The van der Waals surface area contributed by atoms with Crippen LogP contribution in [0.4, 0.5) is 5.82 Å². The molecule has 1 saturated heterocycles. The van der Waals surface area contributed by atoms with Crippen LogP contribution in [0.3, 0.4) is 0 Å². The first-order valence-electron chi connectivity index (χ1n) is 6.10. The monoisotopic (exact) mass is 219 g/mol. The highest BCUT2D eigenvalue weighted by Crippen LogP contribution is 2.38. The van der Waals surface area contributed by atoms with Gasteiger partial charge in [-0.15, -0.1) is 0 Å². The first kappa shape index (κ1) is 11.4. The Morgan fingerprint density at radius 1 is 1.56 bits per heavy atom. The van der Waals surface area contributed by atoms with E-state index < -0.39 is 0 Å². The number of hydrogen-bond donors (Lipinski definition) is 2. The van der Waals surface area contributed by atoms with E-state index in [0.717, 1.165) is 13.0 Å². The maximum absolute atomic E-state index is 6.01. The third kappa shape index (κ3) is 2.05. The van der Waals surface area contributed by atoms with Gasteiger partial charge in [0.25, 0.3) is 0 Å². The third-order valence-corrected chi connectivity index (χ3v) is 3.35. The molecular formula is C13H21N3. The van der Waals surface area contributed by atoms with Crippen molar-refractivity contribution in [3.05, 3.63) is 23.9 Å². The van der Waals surface area contributed by atoms with Crippen molar-refractivity contribution in [1.82, 2.24) is 10.3 Å². The van der Waals surface area contributed by atoms with Gasteiger partial charge in [-0.1, -0.05) is 19.9 Å². The van der Waals surface area contributed by atoms with Gasteiger partial charge in [-0.25, -0.2) is 4.98 Å². The number of anilines is 1. The highest BCUT2D eigenvalue weighted by molar-refractivity contribution is 5.44. The van der Waals surface area contributed by atoms with Crippen LogP contribution in [0.5, 0.6) is 0 Å². The molecule has 0 radical (unpaired) electrons. The molecule has 1 aliphatic heterocycles. The van der Waals surface area contributed by atoms with Crippen LogP contribution < -0.4 is 11.1 Å². The minimum Gasteiger partial charge on any atom is -0.383 e. The van der Waals surface area contributed by atoms with Gasteiger partial charge in [0, 0.05) is 17.3 Å².